The Bertz CT molecular complexity index is 986. The summed E-state index contributed by atoms with van der Waals surface area (Å²) in [6, 6.07) is 11.4. The van der Waals surface area contributed by atoms with Gasteiger partial charge in [-0.2, -0.15) is 0 Å². The number of anilines is 2. The largest absolute Gasteiger partial charge is 0.497 e. The van der Waals surface area contributed by atoms with Crippen molar-refractivity contribution in [3.63, 3.8) is 0 Å². The van der Waals surface area contributed by atoms with Crippen LogP contribution in [0.1, 0.15) is 17.5 Å². The van der Waals surface area contributed by atoms with Crippen molar-refractivity contribution in [3.05, 3.63) is 47.5 Å². The van der Waals surface area contributed by atoms with Crippen LogP contribution in [0.5, 0.6) is 11.5 Å². The number of carbonyl (C=O) groups is 2. The molecule has 6 nitrogen and oxygen atoms in total. The highest BCUT2D eigenvalue weighted by Crippen LogP contribution is 2.57. The average molecular weight is 396 g/mol. The lowest BCUT2D eigenvalue weighted by atomic mass is 9.98. The molecule has 0 N–H and O–H groups in total. The molecule has 144 valence electrons. The predicted molar refractivity (Wildman–Crippen MR) is 108 cm³/mol. The average Bonchev–Trinajstić information content (AvgIpc) is 3.20. The van der Waals surface area contributed by atoms with E-state index in [1.165, 1.54) is 17.3 Å². The Morgan fingerprint density at radius 2 is 1.82 bits per heavy atom. The van der Waals surface area contributed by atoms with E-state index < -0.39 is 4.87 Å². The van der Waals surface area contributed by atoms with E-state index in [4.69, 9.17) is 9.47 Å². The summed E-state index contributed by atoms with van der Waals surface area (Å²) in [7, 11) is 3.14. The standard InChI is InChI=1S/C21H20N2O4S/c1-26-15-9-14(10-16(11-15)27-2)23-18(24)12-28-21(23)17-7-3-5-13-6-4-8-22(19(13)17)20(21)25/h3,5,7,9-11H,4,6,8,12H2,1-2H3/t21-/m0/s1. The van der Waals surface area contributed by atoms with E-state index in [9.17, 15) is 9.59 Å². The minimum absolute atomic E-state index is 0.0349. The maximum atomic E-state index is 13.7. The third-order valence-corrected chi connectivity index (χ3v) is 7.07. The number of amides is 2. The van der Waals surface area contributed by atoms with Crippen molar-refractivity contribution in [2.24, 2.45) is 0 Å². The zero-order valence-corrected chi connectivity index (χ0v) is 16.5. The van der Waals surface area contributed by atoms with E-state index in [0.29, 0.717) is 23.7 Å². The number of thioether (sulfide) groups is 1. The summed E-state index contributed by atoms with van der Waals surface area (Å²) in [5.41, 5.74) is 3.68. The number of carbonyl (C=O) groups excluding carboxylic acids is 2. The number of fused-ring (bicyclic) bond motifs is 1. The van der Waals surface area contributed by atoms with Crippen molar-refractivity contribution in [1.29, 1.82) is 0 Å². The van der Waals surface area contributed by atoms with Crippen molar-refractivity contribution in [1.82, 2.24) is 0 Å². The predicted octanol–water partition coefficient (Wildman–Crippen LogP) is 2.93. The quantitative estimate of drug-likeness (QED) is 0.798. The molecule has 1 spiro atoms. The molecule has 5 rings (SSSR count). The van der Waals surface area contributed by atoms with Crippen LogP contribution in [0.2, 0.25) is 0 Å². The molecule has 2 aromatic carbocycles. The van der Waals surface area contributed by atoms with Gasteiger partial charge in [-0.1, -0.05) is 18.2 Å². The molecule has 1 fully saturated rings. The summed E-state index contributed by atoms with van der Waals surface area (Å²) in [6.07, 6.45) is 1.89. The third-order valence-electron chi connectivity index (χ3n) is 5.68. The fourth-order valence-electron chi connectivity index (χ4n) is 4.50. The molecule has 0 aromatic heterocycles. The molecule has 1 atom stereocenters. The lowest BCUT2D eigenvalue weighted by molar-refractivity contribution is -0.123. The van der Waals surface area contributed by atoms with E-state index in [1.807, 2.05) is 17.0 Å². The number of hydrogen-bond donors (Lipinski definition) is 0. The number of para-hydroxylation sites is 1. The minimum Gasteiger partial charge on any atom is -0.497 e. The molecule has 3 heterocycles. The second kappa shape index (κ2) is 6.17. The molecule has 0 aliphatic carbocycles. The first-order valence-corrected chi connectivity index (χ1v) is 10.2. The van der Waals surface area contributed by atoms with E-state index in [0.717, 1.165) is 24.1 Å². The summed E-state index contributed by atoms with van der Waals surface area (Å²) in [6.45, 7) is 0.689. The van der Waals surface area contributed by atoms with Crippen LogP contribution in [0.4, 0.5) is 11.4 Å². The van der Waals surface area contributed by atoms with Gasteiger partial charge in [0.2, 0.25) is 10.8 Å². The smallest absolute Gasteiger partial charge is 0.268 e. The van der Waals surface area contributed by atoms with Crippen molar-refractivity contribution in [3.8, 4) is 11.5 Å². The molecule has 0 unspecified atom stereocenters. The Morgan fingerprint density at radius 1 is 1.07 bits per heavy atom. The Morgan fingerprint density at radius 3 is 2.54 bits per heavy atom. The van der Waals surface area contributed by atoms with Gasteiger partial charge >= 0.3 is 0 Å². The molecule has 0 saturated carbocycles. The van der Waals surface area contributed by atoms with Gasteiger partial charge in [-0.25, -0.2) is 0 Å². The van der Waals surface area contributed by atoms with E-state index >= 15 is 0 Å². The highest BCUT2D eigenvalue weighted by Gasteiger charge is 2.61. The van der Waals surface area contributed by atoms with Crippen molar-refractivity contribution in [2.45, 2.75) is 17.7 Å². The molecule has 3 aliphatic heterocycles. The molecule has 2 aromatic rings. The molecule has 0 radical (unpaired) electrons. The van der Waals surface area contributed by atoms with Crippen molar-refractivity contribution < 1.29 is 19.1 Å². The number of aryl methyl sites for hydroxylation is 1. The van der Waals surface area contributed by atoms with Gasteiger partial charge in [0.1, 0.15) is 11.5 Å². The fourth-order valence-corrected chi connectivity index (χ4v) is 5.85. The molecule has 7 heteroatoms. The Balaban J connectivity index is 1.74. The topological polar surface area (TPSA) is 59.1 Å². The first-order valence-electron chi connectivity index (χ1n) is 9.24. The number of nitrogens with zero attached hydrogens (tertiary/aromatic N) is 2. The summed E-state index contributed by atoms with van der Waals surface area (Å²) >= 11 is 1.40. The second-order valence-electron chi connectivity index (χ2n) is 7.11. The zero-order valence-electron chi connectivity index (χ0n) is 15.7. The molecular formula is C21H20N2O4S. The highest BCUT2D eigenvalue weighted by atomic mass is 32.2. The SMILES string of the molecule is COc1cc(OC)cc(N2C(=O)CS[C@@]23C(=O)N2CCCc4cccc3c42)c1. The first kappa shape index (κ1) is 17.4. The van der Waals surface area contributed by atoms with Crippen LogP contribution in [0, 0.1) is 0 Å². The van der Waals surface area contributed by atoms with Gasteiger partial charge in [0.25, 0.3) is 5.91 Å². The fraction of sp³-hybridized carbons (Fsp3) is 0.333. The van der Waals surface area contributed by atoms with Crippen LogP contribution in [-0.2, 0) is 20.9 Å². The Kier molecular flexibility index (Phi) is 3.84. The molecule has 1 saturated heterocycles. The maximum absolute atomic E-state index is 13.7. The van der Waals surface area contributed by atoms with Gasteiger partial charge in [-0.05, 0) is 18.4 Å². The van der Waals surface area contributed by atoms with Gasteiger partial charge in [-0.3, -0.25) is 14.5 Å². The molecular weight excluding hydrogens is 376 g/mol. The monoisotopic (exact) mass is 396 g/mol. The summed E-state index contributed by atoms with van der Waals surface area (Å²) < 4.78 is 10.8. The van der Waals surface area contributed by atoms with Crippen LogP contribution in [0.15, 0.2) is 36.4 Å². The lowest BCUT2D eigenvalue weighted by Crippen LogP contribution is -2.50. The van der Waals surface area contributed by atoms with Crippen LogP contribution in [0.3, 0.4) is 0 Å². The number of ether oxygens (including phenoxy) is 2. The van der Waals surface area contributed by atoms with E-state index in [2.05, 4.69) is 6.07 Å². The summed E-state index contributed by atoms with van der Waals surface area (Å²) in [4.78, 5) is 29.2. The van der Waals surface area contributed by atoms with Crippen LogP contribution in [0.25, 0.3) is 0 Å². The molecule has 2 amide bonds. The maximum Gasteiger partial charge on any atom is 0.268 e. The van der Waals surface area contributed by atoms with E-state index in [1.54, 1.807) is 37.3 Å². The number of methoxy groups -OCH3 is 2. The van der Waals surface area contributed by atoms with E-state index in [-0.39, 0.29) is 17.6 Å². The first-order chi connectivity index (χ1) is 13.6. The Labute approximate surface area is 167 Å². The molecule has 3 aliphatic rings. The lowest BCUT2D eigenvalue weighted by Gasteiger charge is -2.33. The highest BCUT2D eigenvalue weighted by molar-refractivity contribution is 8.02. The van der Waals surface area contributed by atoms with Gasteiger partial charge in [0, 0.05) is 30.3 Å². The molecule has 28 heavy (non-hydrogen) atoms. The van der Waals surface area contributed by atoms with Gasteiger partial charge in [0.15, 0.2) is 0 Å². The minimum atomic E-state index is -1.07. The summed E-state index contributed by atoms with van der Waals surface area (Å²) in [5, 5.41) is 0. The van der Waals surface area contributed by atoms with Crippen molar-refractivity contribution in [2.75, 3.05) is 36.3 Å². The third kappa shape index (κ3) is 2.16. The Hall–Kier alpha value is -2.67. The normalized spacial score (nSPS) is 22.8. The second-order valence-corrected chi connectivity index (χ2v) is 8.27. The van der Waals surface area contributed by atoms with Gasteiger partial charge in [0.05, 0.1) is 31.3 Å². The van der Waals surface area contributed by atoms with Crippen LogP contribution >= 0.6 is 11.8 Å². The number of rotatable bonds is 3. The van der Waals surface area contributed by atoms with Crippen molar-refractivity contribution >= 4 is 35.0 Å². The van der Waals surface area contributed by atoms with Crippen LogP contribution < -0.4 is 19.3 Å². The number of hydrogen-bond acceptors (Lipinski definition) is 5. The summed E-state index contributed by atoms with van der Waals surface area (Å²) in [5.74, 6) is 1.28. The van der Waals surface area contributed by atoms with Crippen LogP contribution in [-0.4, -0.2) is 38.3 Å². The zero-order chi connectivity index (χ0) is 19.5. The van der Waals surface area contributed by atoms with Gasteiger partial charge < -0.3 is 14.4 Å². The molecule has 0 bridgehead atoms. The van der Waals surface area contributed by atoms with Gasteiger partial charge in [-0.15, -0.1) is 11.8 Å². The number of benzene rings is 2.